The summed E-state index contributed by atoms with van der Waals surface area (Å²) in [5, 5.41) is 6.65. The van der Waals surface area contributed by atoms with Crippen LogP contribution in [0.4, 0.5) is 5.95 Å². The molecule has 128 valence electrons. The summed E-state index contributed by atoms with van der Waals surface area (Å²) in [4.78, 5) is 30.8. The van der Waals surface area contributed by atoms with Gasteiger partial charge >= 0.3 is 6.01 Å². The van der Waals surface area contributed by atoms with Gasteiger partial charge in [-0.2, -0.15) is 20.1 Å². The molecule has 0 aromatic carbocycles. The Labute approximate surface area is 139 Å². The first-order chi connectivity index (χ1) is 11.7. The van der Waals surface area contributed by atoms with Crippen molar-refractivity contribution in [2.45, 2.75) is 32.4 Å². The van der Waals surface area contributed by atoms with E-state index in [-0.39, 0.29) is 25.0 Å². The van der Waals surface area contributed by atoms with Crippen molar-refractivity contribution < 1.29 is 9.53 Å². The fraction of sp³-hybridized carbons (Fsp3) is 0.571. The van der Waals surface area contributed by atoms with E-state index in [1.807, 2.05) is 0 Å². The minimum atomic E-state index is -0.195. The first-order valence-electron chi connectivity index (χ1n) is 7.87. The average Bonchev–Trinajstić information content (AvgIpc) is 3.13. The van der Waals surface area contributed by atoms with Gasteiger partial charge < -0.3 is 15.0 Å². The lowest BCUT2D eigenvalue weighted by atomic mass is 10.1. The molecule has 3 rings (SSSR count). The summed E-state index contributed by atoms with van der Waals surface area (Å²) in [7, 11) is 1.52. The molecule has 10 nitrogen and oxygen atoms in total. The van der Waals surface area contributed by atoms with E-state index in [1.165, 1.54) is 30.9 Å². The molecule has 24 heavy (non-hydrogen) atoms. The molecule has 1 saturated heterocycles. The van der Waals surface area contributed by atoms with Gasteiger partial charge in [-0.1, -0.05) is 0 Å². The summed E-state index contributed by atoms with van der Waals surface area (Å²) in [6, 6.07) is 0.256. The fourth-order valence-electron chi connectivity index (χ4n) is 2.49. The standard InChI is InChI=1S/C14H20N8O2/c1-24-14-19-11(7-16-12(23)8-22-10-15-9-17-22)18-13(20-14)21-5-3-2-4-6-21/h9-10H,2-8H2,1H3,(H,16,23). The molecule has 10 heteroatoms. The Morgan fingerprint density at radius 2 is 2.08 bits per heavy atom. The molecule has 3 heterocycles. The molecular formula is C14H20N8O2. The zero-order valence-electron chi connectivity index (χ0n) is 13.6. The number of anilines is 1. The third-order valence-electron chi connectivity index (χ3n) is 3.69. The van der Waals surface area contributed by atoms with Crippen LogP contribution in [0, 0.1) is 0 Å². The Morgan fingerprint density at radius 1 is 1.25 bits per heavy atom. The van der Waals surface area contributed by atoms with E-state index < -0.39 is 0 Å². The van der Waals surface area contributed by atoms with Gasteiger partial charge in [-0.3, -0.25) is 4.79 Å². The molecule has 1 aliphatic heterocycles. The molecule has 2 aromatic heterocycles. The van der Waals surface area contributed by atoms with Crippen LogP contribution in [-0.2, 0) is 17.9 Å². The summed E-state index contributed by atoms with van der Waals surface area (Å²) in [5.41, 5.74) is 0. The maximum absolute atomic E-state index is 11.9. The highest BCUT2D eigenvalue weighted by Gasteiger charge is 2.16. The Morgan fingerprint density at radius 3 is 2.79 bits per heavy atom. The number of carbonyl (C=O) groups excluding carboxylic acids is 1. The van der Waals surface area contributed by atoms with Crippen molar-refractivity contribution in [3.63, 3.8) is 0 Å². The van der Waals surface area contributed by atoms with Crippen LogP contribution in [0.15, 0.2) is 12.7 Å². The maximum Gasteiger partial charge on any atom is 0.321 e. The van der Waals surface area contributed by atoms with Crippen LogP contribution in [0.1, 0.15) is 25.1 Å². The van der Waals surface area contributed by atoms with Crippen molar-refractivity contribution in [1.29, 1.82) is 0 Å². The van der Waals surface area contributed by atoms with Crippen LogP contribution in [0.3, 0.4) is 0 Å². The smallest absolute Gasteiger partial charge is 0.321 e. The minimum Gasteiger partial charge on any atom is -0.467 e. The number of rotatable bonds is 6. The Bertz CT molecular complexity index is 669. The largest absolute Gasteiger partial charge is 0.467 e. The SMILES string of the molecule is COc1nc(CNC(=O)Cn2cncn2)nc(N2CCCCC2)n1. The molecule has 0 aliphatic carbocycles. The number of hydrogen-bond acceptors (Lipinski definition) is 8. The monoisotopic (exact) mass is 332 g/mol. The third-order valence-corrected chi connectivity index (χ3v) is 3.69. The van der Waals surface area contributed by atoms with Crippen LogP contribution in [0.5, 0.6) is 6.01 Å². The molecule has 0 bridgehead atoms. The van der Waals surface area contributed by atoms with E-state index in [1.54, 1.807) is 0 Å². The highest BCUT2D eigenvalue weighted by Crippen LogP contribution is 2.17. The van der Waals surface area contributed by atoms with Gasteiger partial charge in [0.2, 0.25) is 11.9 Å². The number of hydrogen-bond donors (Lipinski definition) is 1. The second kappa shape index (κ2) is 7.66. The van der Waals surface area contributed by atoms with E-state index in [9.17, 15) is 4.79 Å². The number of aromatic nitrogens is 6. The van der Waals surface area contributed by atoms with E-state index in [0.717, 1.165) is 25.9 Å². The van der Waals surface area contributed by atoms with Gasteiger partial charge in [0.1, 0.15) is 19.2 Å². The Kier molecular flexibility index (Phi) is 5.14. The lowest BCUT2D eigenvalue weighted by molar-refractivity contribution is -0.122. The summed E-state index contributed by atoms with van der Waals surface area (Å²) < 4.78 is 6.60. The number of piperidine rings is 1. The van der Waals surface area contributed by atoms with Crippen molar-refractivity contribution in [1.82, 2.24) is 35.0 Å². The van der Waals surface area contributed by atoms with Gasteiger partial charge in [0.25, 0.3) is 0 Å². The molecule has 0 saturated carbocycles. The van der Waals surface area contributed by atoms with Gasteiger partial charge in [0, 0.05) is 13.1 Å². The van der Waals surface area contributed by atoms with Gasteiger partial charge in [-0.25, -0.2) is 9.67 Å². The van der Waals surface area contributed by atoms with Crippen molar-refractivity contribution >= 4 is 11.9 Å². The van der Waals surface area contributed by atoms with Crippen molar-refractivity contribution in [2.24, 2.45) is 0 Å². The first-order valence-corrected chi connectivity index (χ1v) is 7.87. The molecule has 2 aromatic rings. The van der Waals surface area contributed by atoms with Gasteiger partial charge in [-0.05, 0) is 19.3 Å². The van der Waals surface area contributed by atoms with Crippen LogP contribution in [-0.4, -0.2) is 55.8 Å². The van der Waals surface area contributed by atoms with E-state index in [0.29, 0.717) is 11.8 Å². The van der Waals surface area contributed by atoms with Crippen LogP contribution in [0.2, 0.25) is 0 Å². The maximum atomic E-state index is 11.9. The number of amides is 1. The molecule has 0 atom stereocenters. The molecule has 0 spiro atoms. The lowest BCUT2D eigenvalue weighted by Gasteiger charge is -2.26. The van der Waals surface area contributed by atoms with Crippen LogP contribution < -0.4 is 15.0 Å². The minimum absolute atomic E-state index is 0.0984. The van der Waals surface area contributed by atoms with Crippen molar-refractivity contribution in [3.05, 3.63) is 18.5 Å². The normalized spacial score (nSPS) is 14.5. The Balaban J connectivity index is 1.64. The average molecular weight is 332 g/mol. The summed E-state index contributed by atoms with van der Waals surface area (Å²) in [5.74, 6) is 0.871. The zero-order valence-corrected chi connectivity index (χ0v) is 13.6. The predicted molar refractivity (Wildman–Crippen MR) is 84.3 cm³/mol. The number of ether oxygens (including phenoxy) is 1. The van der Waals surface area contributed by atoms with E-state index in [2.05, 4.69) is 35.3 Å². The molecule has 1 fully saturated rings. The van der Waals surface area contributed by atoms with Gasteiger partial charge in [0.05, 0.1) is 13.7 Å². The number of carbonyl (C=O) groups is 1. The molecule has 1 aliphatic rings. The van der Waals surface area contributed by atoms with Crippen LogP contribution >= 0.6 is 0 Å². The second-order valence-corrected chi connectivity index (χ2v) is 5.46. The van der Waals surface area contributed by atoms with Gasteiger partial charge in [0.15, 0.2) is 5.82 Å². The van der Waals surface area contributed by atoms with Crippen LogP contribution in [0.25, 0.3) is 0 Å². The summed E-state index contributed by atoms with van der Waals surface area (Å²) in [6.07, 6.45) is 6.34. The predicted octanol–water partition coefficient (Wildman–Crippen LogP) is -0.222. The highest BCUT2D eigenvalue weighted by atomic mass is 16.5. The summed E-state index contributed by atoms with van der Waals surface area (Å²) >= 11 is 0. The first kappa shape index (κ1) is 16.1. The molecule has 0 unspecified atom stereocenters. The second-order valence-electron chi connectivity index (χ2n) is 5.46. The highest BCUT2D eigenvalue weighted by molar-refractivity contribution is 5.75. The Hall–Kier alpha value is -2.78. The molecule has 0 radical (unpaired) electrons. The topological polar surface area (TPSA) is 111 Å². The number of nitrogens with one attached hydrogen (secondary N) is 1. The van der Waals surface area contributed by atoms with Gasteiger partial charge in [-0.15, -0.1) is 0 Å². The molecular weight excluding hydrogens is 312 g/mol. The number of nitrogens with zero attached hydrogens (tertiary/aromatic N) is 7. The van der Waals surface area contributed by atoms with Crippen molar-refractivity contribution in [2.75, 3.05) is 25.1 Å². The van der Waals surface area contributed by atoms with Crippen molar-refractivity contribution in [3.8, 4) is 6.01 Å². The van der Waals surface area contributed by atoms with E-state index >= 15 is 0 Å². The summed E-state index contributed by atoms with van der Waals surface area (Å²) in [6.45, 7) is 2.14. The number of methoxy groups -OCH3 is 1. The lowest BCUT2D eigenvalue weighted by Crippen LogP contribution is -2.32. The zero-order chi connectivity index (χ0) is 16.8. The molecule has 1 N–H and O–H groups in total. The third kappa shape index (κ3) is 4.15. The van der Waals surface area contributed by atoms with E-state index in [4.69, 9.17) is 4.74 Å². The fourth-order valence-corrected chi connectivity index (χ4v) is 2.49. The quantitative estimate of drug-likeness (QED) is 0.773. The molecule has 1 amide bonds.